The number of benzene rings is 2. The molecular weight excluding hydrogens is 370 g/mol. The van der Waals surface area contributed by atoms with E-state index in [1.165, 1.54) is 0 Å². The van der Waals surface area contributed by atoms with E-state index in [0.29, 0.717) is 22.3 Å². The molecule has 1 atom stereocenters. The molecule has 1 fully saturated rings. The van der Waals surface area contributed by atoms with Crippen molar-refractivity contribution in [3.63, 3.8) is 0 Å². The molecule has 0 saturated carbocycles. The number of amides is 1. The molecule has 144 valence electrons. The number of hydrogen-bond acceptors (Lipinski definition) is 4. The minimum absolute atomic E-state index is 0.173. The number of anilines is 1. The van der Waals surface area contributed by atoms with Crippen molar-refractivity contribution >= 4 is 23.4 Å². The summed E-state index contributed by atoms with van der Waals surface area (Å²) < 4.78 is 30.6. The molecule has 3 rings (SSSR count). The minimum Gasteiger partial charge on any atom is -0.497 e. The summed E-state index contributed by atoms with van der Waals surface area (Å²) in [6.45, 7) is 1.06. The number of carbonyl (C=O) groups is 1. The predicted octanol–water partition coefficient (Wildman–Crippen LogP) is 4.79. The number of ether oxygens (including phenoxy) is 1. The molecule has 1 amide bonds. The van der Waals surface area contributed by atoms with Crippen molar-refractivity contribution in [2.75, 3.05) is 25.5 Å². The molecule has 4 nitrogen and oxygen atoms in total. The van der Waals surface area contributed by atoms with Crippen molar-refractivity contribution in [2.45, 2.75) is 29.5 Å². The summed E-state index contributed by atoms with van der Waals surface area (Å²) in [5.41, 5.74) is 1.57. The first-order valence-electron chi connectivity index (χ1n) is 8.78. The Morgan fingerprint density at radius 2 is 2.00 bits per heavy atom. The van der Waals surface area contributed by atoms with Gasteiger partial charge < -0.3 is 10.1 Å². The summed E-state index contributed by atoms with van der Waals surface area (Å²) in [4.78, 5) is 15.0. The van der Waals surface area contributed by atoms with Crippen molar-refractivity contribution in [3.8, 4) is 5.75 Å². The highest BCUT2D eigenvalue weighted by Crippen LogP contribution is 2.34. The van der Waals surface area contributed by atoms with Crippen LogP contribution in [0.1, 0.15) is 24.4 Å². The lowest BCUT2D eigenvalue weighted by atomic mass is 10.0. The molecular formula is C20H22F2N2O2S. The fourth-order valence-corrected chi connectivity index (χ4v) is 3.96. The monoisotopic (exact) mass is 392 g/mol. The van der Waals surface area contributed by atoms with Crippen molar-refractivity contribution in [2.24, 2.45) is 0 Å². The van der Waals surface area contributed by atoms with Gasteiger partial charge in [-0.3, -0.25) is 9.69 Å². The molecule has 2 aromatic rings. The molecule has 1 saturated heterocycles. The number of nitrogens with zero attached hydrogens (tertiary/aromatic N) is 1. The van der Waals surface area contributed by atoms with E-state index in [1.807, 2.05) is 24.3 Å². The van der Waals surface area contributed by atoms with Gasteiger partial charge in [-0.2, -0.15) is 8.78 Å². The molecule has 0 bridgehead atoms. The van der Waals surface area contributed by atoms with E-state index in [1.54, 1.807) is 31.4 Å². The zero-order valence-electron chi connectivity index (χ0n) is 15.0. The van der Waals surface area contributed by atoms with Gasteiger partial charge in [0.05, 0.1) is 19.3 Å². The summed E-state index contributed by atoms with van der Waals surface area (Å²) in [5.74, 6) is -1.92. The van der Waals surface area contributed by atoms with E-state index < -0.39 is 5.76 Å². The van der Waals surface area contributed by atoms with Crippen LogP contribution in [0.4, 0.5) is 14.5 Å². The Morgan fingerprint density at radius 3 is 2.70 bits per heavy atom. The second-order valence-corrected chi connectivity index (χ2v) is 7.36. The van der Waals surface area contributed by atoms with Crippen molar-refractivity contribution in [3.05, 3.63) is 54.1 Å². The molecule has 27 heavy (non-hydrogen) atoms. The van der Waals surface area contributed by atoms with Crippen LogP contribution in [-0.4, -0.2) is 36.8 Å². The van der Waals surface area contributed by atoms with Crippen LogP contribution < -0.4 is 10.1 Å². The van der Waals surface area contributed by atoms with Gasteiger partial charge in [0.15, 0.2) is 0 Å². The van der Waals surface area contributed by atoms with Crippen LogP contribution in [0.2, 0.25) is 0 Å². The smallest absolute Gasteiger partial charge is 0.288 e. The maximum absolute atomic E-state index is 12.7. The molecule has 0 spiro atoms. The van der Waals surface area contributed by atoms with Crippen LogP contribution in [0, 0.1) is 0 Å². The lowest BCUT2D eigenvalue weighted by molar-refractivity contribution is -0.117. The number of para-hydroxylation sites is 1. The predicted molar refractivity (Wildman–Crippen MR) is 103 cm³/mol. The molecule has 0 aliphatic carbocycles. The SMILES string of the molecule is COc1ccc(C2CCCN2CC(=O)Nc2ccccc2SC(F)F)cc1. The number of likely N-dealkylation sites (tertiary alicyclic amines) is 1. The van der Waals surface area contributed by atoms with E-state index in [9.17, 15) is 13.6 Å². The Labute approximate surface area is 161 Å². The largest absolute Gasteiger partial charge is 0.497 e. The first-order chi connectivity index (χ1) is 13.1. The number of nitrogens with one attached hydrogen (secondary N) is 1. The molecule has 0 radical (unpaired) electrons. The molecule has 1 heterocycles. The van der Waals surface area contributed by atoms with Crippen LogP contribution in [0.25, 0.3) is 0 Å². The van der Waals surface area contributed by atoms with Gasteiger partial charge in [-0.15, -0.1) is 0 Å². The molecule has 1 unspecified atom stereocenters. The number of rotatable bonds is 7. The number of alkyl halides is 2. The van der Waals surface area contributed by atoms with Gasteiger partial charge >= 0.3 is 0 Å². The zero-order valence-corrected chi connectivity index (χ0v) is 15.8. The lowest BCUT2D eigenvalue weighted by Crippen LogP contribution is -2.33. The van der Waals surface area contributed by atoms with Crippen molar-refractivity contribution in [1.82, 2.24) is 4.90 Å². The number of methoxy groups -OCH3 is 1. The molecule has 1 aliphatic rings. The molecule has 1 aliphatic heterocycles. The van der Waals surface area contributed by atoms with E-state index >= 15 is 0 Å². The Morgan fingerprint density at radius 1 is 1.26 bits per heavy atom. The minimum atomic E-state index is -2.53. The van der Waals surface area contributed by atoms with E-state index in [4.69, 9.17) is 4.74 Å². The van der Waals surface area contributed by atoms with Crippen LogP contribution in [0.3, 0.4) is 0 Å². The number of halogens is 2. The topological polar surface area (TPSA) is 41.6 Å². The van der Waals surface area contributed by atoms with Gasteiger partial charge in [0.25, 0.3) is 5.76 Å². The van der Waals surface area contributed by atoms with Gasteiger partial charge in [-0.05, 0) is 49.2 Å². The van der Waals surface area contributed by atoms with Crippen LogP contribution in [0.15, 0.2) is 53.4 Å². The van der Waals surface area contributed by atoms with E-state index in [-0.39, 0.29) is 18.5 Å². The summed E-state index contributed by atoms with van der Waals surface area (Å²) in [5, 5.41) is 2.78. The summed E-state index contributed by atoms with van der Waals surface area (Å²) >= 11 is 0.437. The average molecular weight is 392 g/mol. The number of carbonyl (C=O) groups excluding carboxylic acids is 1. The third-order valence-corrected chi connectivity index (χ3v) is 5.38. The first-order valence-corrected chi connectivity index (χ1v) is 9.66. The maximum Gasteiger partial charge on any atom is 0.288 e. The second kappa shape index (κ2) is 9.19. The maximum atomic E-state index is 12.7. The van der Waals surface area contributed by atoms with Gasteiger partial charge in [-0.25, -0.2) is 0 Å². The average Bonchev–Trinajstić information content (AvgIpc) is 3.11. The summed E-state index contributed by atoms with van der Waals surface area (Å²) in [6, 6.07) is 14.7. The third-order valence-electron chi connectivity index (χ3n) is 4.59. The van der Waals surface area contributed by atoms with Gasteiger partial charge in [0.2, 0.25) is 5.91 Å². The summed E-state index contributed by atoms with van der Waals surface area (Å²) in [6.07, 6.45) is 2.00. The highest BCUT2D eigenvalue weighted by Gasteiger charge is 2.27. The molecule has 2 aromatic carbocycles. The third kappa shape index (κ3) is 5.20. The van der Waals surface area contributed by atoms with Crippen LogP contribution in [0.5, 0.6) is 5.75 Å². The Kier molecular flexibility index (Phi) is 6.68. The number of hydrogen-bond donors (Lipinski definition) is 1. The fraction of sp³-hybridized carbons (Fsp3) is 0.350. The highest BCUT2D eigenvalue weighted by atomic mass is 32.2. The highest BCUT2D eigenvalue weighted by molar-refractivity contribution is 7.99. The van der Waals surface area contributed by atoms with Crippen molar-refractivity contribution < 1.29 is 18.3 Å². The standard InChI is InChI=1S/C20H22F2N2O2S/c1-26-15-10-8-14(9-11-15)17-6-4-12-24(17)13-19(25)23-16-5-2-3-7-18(16)27-20(21)22/h2-3,5,7-11,17,20H,4,6,12-13H2,1H3,(H,23,25). The Bertz CT molecular complexity index is 771. The Balaban J connectivity index is 1.65. The lowest BCUT2D eigenvalue weighted by Gasteiger charge is -2.24. The quantitative estimate of drug-likeness (QED) is 0.688. The van der Waals surface area contributed by atoms with Gasteiger partial charge in [0, 0.05) is 10.9 Å². The second-order valence-electron chi connectivity index (χ2n) is 6.32. The van der Waals surface area contributed by atoms with Gasteiger partial charge in [-0.1, -0.05) is 36.0 Å². The number of thioether (sulfide) groups is 1. The van der Waals surface area contributed by atoms with Gasteiger partial charge in [0.1, 0.15) is 5.75 Å². The Hall–Kier alpha value is -2.12. The van der Waals surface area contributed by atoms with Crippen molar-refractivity contribution in [1.29, 1.82) is 0 Å². The van der Waals surface area contributed by atoms with Crippen LogP contribution >= 0.6 is 11.8 Å². The molecule has 0 aromatic heterocycles. The zero-order chi connectivity index (χ0) is 19.2. The fourth-order valence-electron chi connectivity index (χ4n) is 3.36. The van der Waals surface area contributed by atoms with Crippen LogP contribution in [-0.2, 0) is 4.79 Å². The molecule has 1 N–H and O–H groups in total. The molecule has 7 heteroatoms. The first kappa shape index (κ1) is 19.6. The normalized spacial score (nSPS) is 17.3. The van der Waals surface area contributed by atoms with E-state index in [0.717, 1.165) is 30.7 Å². The summed E-state index contributed by atoms with van der Waals surface area (Å²) in [7, 11) is 1.63. The van der Waals surface area contributed by atoms with E-state index in [2.05, 4.69) is 10.2 Å².